The minimum Gasteiger partial charge on any atom is -0.455 e. The van der Waals surface area contributed by atoms with Crippen LogP contribution < -0.4 is 19.9 Å². The summed E-state index contributed by atoms with van der Waals surface area (Å²) in [6.45, 7) is 0.242. The lowest BCUT2D eigenvalue weighted by Crippen LogP contribution is -1.93. The van der Waals surface area contributed by atoms with Crippen molar-refractivity contribution in [2.24, 2.45) is 0 Å². The van der Waals surface area contributed by atoms with E-state index in [0.717, 1.165) is 16.0 Å². The fourth-order valence-electron chi connectivity index (χ4n) is 2.09. The molecule has 0 amide bonds. The van der Waals surface area contributed by atoms with E-state index in [4.69, 9.17) is 19.9 Å². The van der Waals surface area contributed by atoms with Crippen LogP contribution in [0.2, 0.25) is 0 Å². The van der Waals surface area contributed by atoms with Gasteiger partial charge < -0.3 is 19.9 Å². The van der Waals surface area contributed by atoms with Gasteiger partial charge in [0, 0.05) is 6.07 Å². The van der Waals surface area contributed by atoms with Gasteiger partial charge in [-0.2, -0.15) is 0 Å². The number of anilines is 1. The molecule has 0 saturated carbocycles. The van der Waals surface area contributed by atoms with E-state index >= 15 is 0 Å². The Morgan fingerprint density at radius 2 is 2.05 bits per heavy atom. The van der Waals surface area contributed by atoms with Gasteiger partial charge in [0.2, 0.25) is 6.79 Å². The Morgan fingerprint density at radius 1 is 1.15 bits per heavy atom. The molecule has 5 nitrogen and oxygen atoms in total. The van der Waals surface area contributed by atoms with Crippen molar-refractivity contribution in [3.05, 3.63) is 35.8 Å². The van der Waals surface area contributed by atoms with Gasteiger partial charge in [-0.3, -0.25) is 0 Å². The monoisotopic (exact) mass is 286 g/mol. The first-order chi connectivity index (χ1) is 9.81. The van der Waals surface area contributed by atoms with Crippen molar-refractivity contribution < 1.29 is 14.2 Å². The number of rotatable bonds is 2. The summed E-state index contributed by atoms with van der Waals surface area (Å²) in [5, 5.41) is 0. The molecule has 20 heavy (non-hydrogen) atoms. The van der Waals surface area contributed by atoms with Crippen LogP contribution in [0.4, 0.5) is 5.69 Å². The topological polar surface area (TPSA) is 66.6 Å². The van der Waals surface area contributed by atoms with Crippen LogP contribution in [0.5, 0.6) is 23.0 Å². The molecule has 0 bridgehead atoms. The smallest absolute Gasteiger partial charge is 0.231 e. The molecule has 0 aliphatic carbocycles. The second-order valence-electron chi connectivity index (χ2n) is 4.29. The molecule has 6 heteroatoms. The zero-order chi connectivity index (χ0) is 13.5. The standard InChI is InChI=1S/C14H10N2O3S/c15-13-10(3-4-12-14(13)16-6-20-12)19-8-1-2-9-11(5-8)18-7-17-9/h1-6H,7,15H2. The zero-order valence-electron chi connectivity index (χ0n) is 10.3. The lowest BCUT2D eigenvalue weighted by atomic mass is 10.2. The number of nitrogens with zero attached hydrogens (tertiary/aromatic N) is 1. The molecule has 0 fully saturated rings. The molecule has 1 aromatic heterocycles. The van der Waals surface area contributed by atoms with Gasteiger partial charge in [0.15, 0.2) is 17.2 Å². The summed E-state index contributed by atoms with van der Waals surface area (Å²) in [6, 6.07) is 9.21. The molecule has 1 aliphatic rings. The second kappa shape index (κ2) is 4.28. The minimum absolute atomic E-state index is 0.242. The Kier molecular flexibility index (Phi) is 2.43. The molecule has 0 unspecified atom stereocenters. The van der Waals surface area contributed by atoms with E-state index < -0.39 is 0 Å². The van der Waals surface area contributed by atoms with Crippen molar-refractivity contribution in [2.45, 2.75) is 0 Å². The van der Waals surface area contributed by atoms with Gasteiger partial charge in [-0.25, -0.2) is 4.98 Å². The highest BCUT2D eigenvalue weighted by atomic mass is 32.1. The number of hydrogen-bond acceptors (Lipinski definition) is 6. The maximum atomic E-state index is 6.09. The van der Waals surface area contributed by atoms with E-state index in [9.17, 15) is 0 Å². The summed E-state index contributed by atoms with van der Waals surface area (Å²) >= 11 is 1.55. The number of fused-ring (bicyclic) bond motifs is 2. The molecule has 100 valence electrons. The number of benzene rings is 2. The Bertz CT molecular complexity index is 800. The molecule has 0 spiro atoms. The number of thiazole rings is 1. The van der Waals surface area contributed by atoms with Gasteiger partial charge in [-0.05, 0) is 24.3 Å². The molecule has 2 N–H and O–H groups in total. The van der Waals surface area contributed by atoms with Gasteiger partial charge in [0.1, 0.15) is 17.0 Å². The summed E-state index contributed by atoms with van der Waals surface area (Å²) in [5.74, 6) is 2.63. The molecule has 2 aromatic carbocycles. The van der Waals surface area contributed by atoms with Crippen LogP contribution in [-0.2, 0) is 0 Å². The van der Waals surface area contributed by atoms with Crippen molar-refractivity contribution in [3.63, 3.8) is 0 Å². The normalized spacial score (nSPS) is 12.8. The fraction of sp³-hybridized carbons (Fsp3) is 0.0714. The van der Waals surface area contributed by atoms with Gasteiger partial charge in [-0.15, -0.1) is 11.3 Å². The third-order valence-electron chi connectivity index (χ3n) is 3.07. The number of hydrogen-bond donors (Lipinski definition) is 1. The van der Waals surface area contributed by atoms with Gasteiger partial charge in [0.25, 0.3) is 0 Å². The fourth-order valence-corrected chi connectivity index (χ4v) is 2.78. The highest BCUT2D eigenvalue weighted by molar-refractivity contribution is 7.16. The van der Waals surface area contributed by atoms with Crippen LogP contribution in [0.15, 0.2) is 35.8 Å². The summed E-state index contributed by atoms with van der Waals surface area (Å²) in [6.07, 6.45) is 0. The highest BCUT2D eigenvalue weighted by Gasteiger charge is 2.15. The van der Waals surface area contributed by atoms with Crippen molar-refractivity contribution in [2.75, 3.05) is 12.5 Å². The molecule has 1 aliphatic heterocycles. The third kappa shape index (κ3) is 1.73. The third-order valence-corrected chi connectivity index (χ3v) is 3.87. The van der Waals surface area contributed by atoms with Gasteiger partial charge in [-0.1, -0.05) is 0 Å². The van der Waals surface area contributed by atoms with Gasteiger partial charge >= 0.3 is 0 Å². The zero-order valence-corrected chi connectivity index (χ0v) is 11.1. The largest absolute Gasteiger partial charge is 0.455 e. The maximum Gasteiger partial charge on any atom is 0.231 e. The van der Waals surface area contributed by atoms with Gasteiger partial charge in [0.05, 0.1) is 10.2 Å². The Morgan fingerprint density at radius 3 is 3.00 bits per heavy atom. The molecular weight excluding hydrogens is 276 g/mol. The lowest BCUT2D eigenvalue weighted by Gasteiger charge is -2.09. The van der Waals surface area contributed by atoms with E-state index in [0.29, 0.717) is 22.9 Å². The second-order valence-corrected chi connectivity index (χ2v) is 5.18. The van der Waals surface area contributed by atoms with Crippen molar-refractivity contribution in [3.8, 4) is 23.0 Å². The summed E-state index contributed by atoms with van der Waals surface area (Å²) in [4.78, 5) is 4.25. The maximum absolute atomic E-state index is 6.09. The number of nitrogens with two attached hydrogens (primary N) is 1. The molecule has 3 aromatic rings. The first kappa shape index (κ1) is 11.4. The van der Waals surface area contributed by atoms with Crippen molar-refractivity contribution >= 4 is 27.2 Å². The number of nitrogen functional groups attached to an aromatic ring is 1. The summed E-state index contributed by atoms with van der Waals surface area (Å²) in [7, 11) is 0. The lowest BCUT2D eigenvalue weighted by molar-refractivity contribution is 0.174. The van der Waals surface area contributed by atoms with E-state index in [1.807, 2.05) is 24.3 Å². The minimum atomic E-state index is 0.242. The predicted molar refractivity (Wildman–Crippen MR) is 76.7 cm³/mol. The van der Waals surface area contributed by atoms with Crippen LogP contribution in [0, 0.1) is 0 Å². The van der Waals surface area contributed by atoms with E-state index in [-0.39, 0.29) is 6.79 Å². The predicted octanol–water partition coefficient (Wildman–Crippen LogP) is 3.40. The first-order valence-electron chi connectivity index (χ1n) is 6.00. The molecule has 0 radical (unpaired) electrons. The van der Waals surface area contributed by atoms with Crippen molar-refractivity contribution in [1.29, 1.82) is 0 Å². The number of aromatic nitrogens is 1. The Balaban J connectivity index is 1.72. The molecule has 2 heterocycles. The number of ether oxygens (including phenoxy) is 3. The van der Waals surface area contributed by atoms with Crippen LogP contribution in [0.1, 0.15) is 0 Å². The van der Waals surface area contributed by atoms with Crippen LogP contribution in [-0.4, -0.2) is 11.8 Å². The summed E-state index contributed by atoms with van der Waals surface area (Å²) < 4.78 is 17.4. The Hall–Kier alpha value is -2.47. The van der Waals surface area contributed by atoms with Crippen molar-refractivity contribution in [1.82, 2.24) is 4.98 Å². The average molecular weight is 286 g/mol. The SMILES string of the molecule is Nc1c(Oc2ccc3c(c2)OCO3)ccc2scnc12. The molecule has 0 atom stereocenters. The van der Waals surface area contributed by atoms with E-state index in [1.165, 1.54) is 0 Å². The van der Waals surface area contributed by atoms with Crippen LogP contribution in [0.25, 0.3) is 10.2 Å². The molecular formula is C14H10N2O3S. The van der Waals surface area contributed by atoms with Crippen LogP contribution >= 0.6 is 11.3 Å². The molecule has 4 rings (SSSR count). The van der Waals surface area contributed by atoms with E-state index in [1.54, 1.807) is 22.9 Å². The highest BCUT2D eigenvalue weighted by Crippen LogP contribution is 2.39. The average Bonchev–Trinajstić information content (AvgIpc) is 3.10. The Labute approximate surface area is 118 Å². The van der Waals surface area contributed by atoms with E-state index in [2.05, 4.69) is 4.98 Å². The van der Waals surface area contributed by atoms with Crippen LogP contribution in [0.3, 0.4) is 0 Å². The summed E-state index contributed by atoms with van der Waals surface area (Å²) in [5.41, 5.74) is 9.17. The molecule has 0 saturated heterocycles. The quantitative estimate of drug-likeness (QED) is 0.731. The first-order valence-corrected chi connectivity index (χ1v) is 6.88.